The summed E-state index contributed by atoms with van der Waals surface area (Å²) in [5, 5.41) is 2.97. The maximum absolute atomic E-state index is 14.4. The predicted molar refractivity (Wildman–Crippen MR) is 120 cm³/mol. The number of carbonyl (C=O) groups is 2. The lowest BCUT2D eigenvalue weighted by molar-refractivity contribution is 0.101. The van der Waals surface area contributed by atoms with Gasteiger partial charge in [-0.05, 0) is 49.6 Å². The van der Waals surface area contributed by atoms with E-state index in [9.17, 15) is 22.8 Å². The maximum Gasteiger partial charge on any atom is 0.317 e. The van der Waals surface area contributed by atoms with E-state index >= 15 is 0 Å². The number of benzene rings is 2. The highest BCUT2D eigenvalue weighted by Gasteiger charge is 2.26. The number of Topliss-reactive ketones (excluding diaryl/α,β-unsaturated/α-hetero) is 1. The maximum atomic E-state index is 14.4. The third-order valence-electron chi connectivity index (χ3n) is 6.36. The van der Waals surface area contributed by atoms with E-state index in [0.29, 0.717) is 56.2 Å². The van der Waals surface area contributed by atoms with Gasteiger partial charge in [-0.2, -0.15) is 0 Å². The number of amides is 2. The van der Waals surface area contributed by atoms with Gasteiger partial charge in [-0.1, -0.05) is 0 Å². The molecule has 0 aromatic heterocycles. The van der Waals surface area contributed by atoms with Gasteiger partial charge in [0.1, 0.15) is 5.82 Å². The van der Waals surface area contributed by atoms with Gasteiger partial charge in [0.05, 0.1) is 5.69 Å². The van der Waals surface area contributed by atoms with Gasteiger partial charge in [-0.3, -0.25) is 4.79 Å². The van der Waals surface area contributed by atoms with Crippen molar-refractivity contribution in [3.05, 3.63) is 59.4 Å². The van der Waals surface area contributed by atoms with E-state index in [1.165, 1.54) is 19.1 Å². The van der Waals surface area contributed by atoms with Crippen molar-refractivity contribution in [2.45, 2.75) is 13.3 Å². The van der Waals surface area contributed by atoms with Gasteiger partial charge < -0.3 is 20.0 Å². The lowest BCUT2D eigenvalue weighted by atomic mass is 10.1. The minimum absolute atomic E-state index is 0.159. The quantitative estimate of drug-likeness (QED) is 0.692. The number of piperazine rings is 1. The van der Waals surface area contributed by atoms with Crippen molar-refractivity contribution in [2.24, 2.45) is 5.92 Å². The van der Waals surface area contributed by atoms with E-state index < -0.39 is 17.5 Å². The van der Waals surface area contributed by atoms with Gasteiger partial charge >= 0.3 is 6.03 Å². The summed E-state index contributed by atoms with van der Waals surface area (Å²) in [6, 6.07) is 8.21. The van der Waals surface area contributed by atoms with Crippen LogP contribution in [-0.2, 0) is 0 Å². The zero-order valence-electron chi connectivity index (χ0n) is 18.5. The average Bonchev–Trinajstić information content (AvgIpc) is 3.28. The average molecular weight is 461 g/mol. The number of hydrogen-bond donors (Lipinski definition) is 1. The minimum Gasteiger partial charge on any atom is -0.371 e. The molecule has 0 saturated carbocycles. The van der Waals surface area contributed by atoms with Gasteiger partial charge in [-0.25, -0.2) is 18.0 Å². The molecule has 2 aliphatic heterocycles. The highest BCUT2D eigenvalue weighted by Crippen LogP contribution is 2.25. The molecule has 2 amide bonds. The largest absolute Gasteiger partial charge is 0.371 e. The highest BCUT2D eigenvalue weighted by molar-refractivity contribution is 5.94. The lowest BCUT2D eigenvalue weighted by Gasteiger charge is -2.36. The van der Waals surface area contributed by atoms with Crippen LogP contribution in [0.2, 0.25) is 0 Å². The molecule has 2 aliphatic rings. The van der Waals surface area contributed by atoms with Gasteiger partial charge in [0, 0.05) is 63.1 Å². The minimum atomic E-state index is -0.863. The number of carbonyl (C=O) groups excluding carboxylic acids is 2. The molecule has 1 N–H and O–H groups in total. The van der Waals surface area contributed by atoms with Crippen molar-refractivity contribution < 1.29 is 22.8 Å². The van der Waals surface area contributed by atoms with Gasteiger partial charge in [0.25, 0.3) is 0 Å². The number of anilines is 2. The number of ketones is 1. The molecular weight excluding hydrogens is 433 g/mol. The Morgan fingerprint density at radius 1 is 0.909 bits per heavy atom. The number of nitrogens with zero attached hydrogens (tertiary/aromatic N) is 3. The summed E-state index contributed by atoms with van der Waals surface area (Å²) >= 11 is 0. The fourth-order valence-corrected chi connectivity index (χ4v) is 4.39. The molecule has 1 atom stereocenters. The second-order valence-electron chi connectivity index (χ2n) is 8.58. The number of nitrogens with one attached hydrogen (secondary N) is 1. The zero-order chi connectivity index (χ0) is 23.5. The Kier molecular flexibility index (Phi) is 6.76. The van der Waals surface area contributed by atoms with Crippen LogP contribution in [0.5, 0.6) is 0 Å². The molecule has 2 aromatic rings. The van der Waals surface area contributed by atoms with E-state index in [1.807, 2.05) is 9.80 Å². The molecule has 4 rings (SSSR count). The third kappa shape index (κ3) is 5.23. The Morgan fingerprint density at radius 2 is 1.67 bits per heavy atom. The Bertz CT molecular complexity index is 1040. The van der Waals surface area contributed by atoms with Crippen molar-refractivity contribution in [1.82, 2.24) is 10.2 Å². The van der Waals surface area contributed by atoms with Crippen LogP contribution in [0.25, 0.3) is 0 Å². The standard InChI is InChI=1S/C24H27F3N4O2/c1-16(32)18-2-5-23(22(27)12-18)29-8-10-30(11-9-29)24(33)28-14-17-6-7-31(15-17)19-3-4-20(25)21(26)13-19/h2-5,12-13,17H,6-11,14-15H2,1H3,(H,28,33). The van der Waals surface area contributed by atoms with Crippen LogP contribution < -0.4 is 15.1 Å². The first kappa shape index (κ1) is 22.9. The van der Waals surface area contributed by atoms with E-state index in [1.54, 1.807) is 23.1 Å². The van der Waals surface area contributed by atoms with Crippen LogP contribution in [0.15, 0.2) is 36.4 Å². The Morgan fingerprint density at radius 3 is 2.33 bits per heavy atom. The number of hydrogen-bond acceptors (Lipinski definition) is 4. The Balaban J connectivity index is 1.24. The van der Waals surface area contributed by atoms with Crippen LogP contribution in [0, 0.1) is 23.4 Å². The van der Waals surface area contributed by atoms with Crippen molar-refractivity contribution in [3.8, 4) is 0 Å². The summed E-state index contributed by atoms with van der Waals surface area (Å²) in [6.07, 6.45) is 0.850. The van der Waals surface area contributed by atoms with Gasteiger partial charge in [0.15, 0.2) is 17.4 Å². The molecule has 33 heavy (non-hydrogen) atoms. The molecule has 0 aliphatic carbocycles. The van der Waals surface area contributed by atoms with Crippen LogP contribution in [0.4, 0.5) is 29.3 Å². The lowest BCUT2D eigenvalue weighted by Crippen LogP contribution is -2.52. The molecule has 2 aromatic carbocycles. The normalized spacial score (nSPS) is 18.5. The van der Waals surface area contributed by atoms with E-state index in [0.717, 1.165) is 19.0 Å². The molecule has 2 fully saturated rings. The summed E-state index contributed by atoms with van der Waals surface area (Å²) in [4.78, 5) is 29.6. The molecular formula is C24H27F3N4O2. The molecule has 0 spiro atoms. The molecule has 6 nitrogen and oxygen atoms in total. The zero-order valence-corrected chi connectivity index (χ0v) is 18.5. The Labute approximate surface area is 191 Å². The van der Waals surface area contributed by atoms with Gasteiger partial charge in [-0.15, -0.1) is 0 Å². The highest BCUT2D eigenvalue weighted by atomic mass is 19.2. The summed E-state index contributed by atoms with van der Waals surface area (Å²) in [5.41, 5.74) is 1.41. The summed E-state index contributed by atoms with van der Waals surface area (Å²) in [5.74, 6) is -2.13. The molecule has 2 heterocycles. The number of halogens is 3. The van der Waals surface area contributed by atoms with Crippen LogP contribution in [0.3, 0.4) is 0 Å². The van der Waals surface area contributed by atoms with Crippen molar-refractivity contribution in [3.63, 3.8) is 0 Å². The first-order valence-corrected chi connectivity index (χ1v) is 11.1. The molecule has 2 saturated heterocycles. The molecule has 176 valence electrons. The molecule has 0 radical (unpaired) electrons. The first-order valence-electron chi connectivity index (χ1n) is 11.1. The van der Waals surface area contributed by atoms with Gasteiger partial charge in [0.2, 0.25) is 0 Å². The summed E-state index contributed by atoms with van der Waals surface area (Å²) < 4.78 is 41.1. The fraction of sp³-hybridized carbons (Fsp3) is 0.417. The molecule has 0 bridgehead atoms. The molecule has 1 unspecified atom stereocenters. The van der Waals surface area contributed by atoms with E-state index in [2.05, 4.69) is 5.32 Å². The smallest absolute Gasteiger partial charge is 0.317 e. The second-order valence-corrected chi connectivity index (χ2v) is 8.58. The topological polar surface area (TPSA) is 55.9 Å². The Hall–Kier alpha value is -3.23. The third-order valence-corrected chi connectivity index (χ3v) is 6.36. The molecule has 9 heteroatoms. The number of rotatable bonds is 5. The van der Waals surface area contributed by atoms with Crippen molar-refractivity contribution >= 4 is 23.2 Å². The van der Waals surface area contributed by atoms with Crippen molar-refractivity contribution in [2.75, 3.05) is 55.6 Å². The number of urea groups is 1. The van der Waals surface area contributed by atoms with Crippen molar-refractivity contribution in [1.29, 1.82) is 0 Å². The van der Waals surface area contributed by atoms with Crippen LogP contribution >= 0.6 is 0 Å². The SMILES string of the molecule is CC(=O)c1ccc(N2CCN(C(=O)NCC3CCN(c4ccc(F)c(F)c4)C3)CC2)c(F)c1. The second kappa shape index (κ2) is 9.72. The predicted octanol–water partition coefficient (Wildman–Crippen LogP) is 3.66. The van der Waals surface area contributed by atoms with E-state index in [4.69, 9.17) is 0 Å². The van der Waals surface area contributed by atoms with Crippen LogP contribution in [-0.4, -0.2) is 62.5 Å². The summed E-state index contributed by atoms with van der Waals surface area (Å²) in [6.45, 7) is 5.20. The summed E-state index contributed by atoms with van der Waals surface area (Å²) in [7, 11) is 0. The fourth-order valence-electron chi connectivity index (χ4n) is 4.39. The first-order chi connectivity index (χ1) is 15.8. The van der Waals surface area contributed by atoms with E-state index in [-0.39, 0.29) is 17.7 Å². The van der Waals surface area contributed by atoms with Crippen LogP contribution in [0.1, 0.15) is 23.7 Å². The monoisotopic (exact) mass is 460 g/mol.